The van der Waals surface area contributed by atoms with Gasteiger partial charge in [-0.3, -0.25) is 0 Å². The van der Waals surface area contributed by atoms with E-state index in [2.05, 4.69) is 187 Å². The normalized spacial score (nSPS) is 11.8. The van der Waals surface area contributed by atoms with Gasteiger partial charge in [0.1, 0.15) is 6.07 Å². The molecule has 0 N–H and O–H groups in total. The molecule has 9 aromatic carbocycles. The van der Waals surface area contributed by atoms with Gasteiger partial charge in [0.2, 0.25) is 5.69 Å². The summed E-state index contributed by atoms with van der Waals surface area (Å²) in [6, 6.07) is 70.6. The number of nitrogens with zero attached hydrogens (tertiary/aromatic N) is 6. The number of fused-ring (bicyclic) bond motifs is 12. The predicted octanol–water partition coefficient (Wildman–Crippen LogP) is 14.5. The van der Waals surface area contributed by atoms with Crippen molar-refractivity contribution in [2.45, 2.75) is 0 Å². The number of benzene rings is 9. The first kappa shape index (κ1) is 34.1. The third-order valence-electron chi connectivity index (χ3n) is 12.8. The Kier molecular flexibility index (Phi) is 7.05. The first-order valence-electron chi connectivity index (χ1n) is 20.7. The van der Waals surface area contributed by atoms with Crippen molar-refractivity contribution in [1.82, 2.24) is 18.3 Å². The summed E-state index contributed by atoms with van der Waals surface area (Å²) >= 11 is 0. The summed E-state index contributed by atoms with van der Waals surface area (Å²) in [5, 5.41) is 20.1. The largest absolute Gasteiger partial charge is 0.318 e. The molecule has 13 aromatic rings. The average molecular weight is 789 g/mol. The summed E-state index contributed by atoms with van der Waals surface area (Å²) in [6.07, 6.45) is 0. The van der Waals surface area contributed by atoms with Crippen molar-refractivity contribution in [1.29, 1.82) is 5.26 Å². The van der Waals surface area contributed by atoms with Crippen LogP contribution in [0.25, 0.3) is 115 Å². The van der Waals surface area contributed by atoms with Crippen LogP contribution in [0.5, 0.6) is 0 Å². The number of hydrogen-bond donors (Lipinski definition) is 0. The molecule has 4 heterocycles. The Morgan fingerprint density at radius 3 is 1.08 bits per heavy atom. The summed E-state index contributed by atoms with van der Waals surface area (Å²) in [4.78, 5) is 4.17. The maximum absolute atomic E-state index is 11.0. The summed E-state index contributed by atoms with van der Waals surface area (Å²) in [5.41, 5.74) is 12.5. The van der Waals surface area contributed by atoms with E-state index in [1.54, 1.807) is 0 Å². The van der Waals surface area contributed by atoms with Crippen LogP contribution in [0.15, 0.2) is 194 Å². The fraction of sp³-hybridized carbons (Fsp3) is 0. The molecule has 6 heteroatoms. The van der Waals surface area contributed by atoms with E-state index in [1.165, 1.54) is 21.5 Å². The van der Waals surface area contributed by atoms with Gasteiger partial charge in [-0.2, -0.15) is 5.26 Å². The highest BCUT2D eigenvalue weighted by atomic mass is 15.1. The van der Waals surface area contributed by atoms with Gasteiger partial charge in [-0.15, -0.1) is 0 Å². The molecule has 6 nitrogen and oxygen atoms in total. The molecule has 0 atom stereocenters. The van der Waals surface area contributed by atoms with E-state index in [1.807, 2.05) is 36.4 Å². The van der Waals surface area contributed by atoms with Crippen molar-refractivity contribution < 1.29 is 0 Å². The molecule has 0 fully saturated rings. The van der Waals surface area contributed by atoms with E-state index < -0.39 is 0 Å². The molecule has 0 aliphatic rings. The van der Waals surface area contributed by atoms with Gasteiger partial charge in [0.25, 0.3) is 0 Å². The Balaban J connectivity index is 1.17. The molecule has 286 valence electrons. The molecule has 0 spiro atoms. The molecule has 0 saturated carbocycles. The van der Waals surface area contributed by atoms with Crippen LogP contribution in [-0.4, -0.2) is 18.3 Å². The van der Waals surface area contributed by atoms with Gasteiger partial charge in [-0.25, -0.2) is 4.85 Å². The summed E-state index contributed by atoms with van der Waals surface area (Å²) in [6.45, 7) is 8.63. The second kappa shape index (κ2) is 12.8. The molecule has 0 unspecified atom stereocenters. The van der Waals surface area contributed by atoms with Gasteiger partial charge >= 0.3 is 0 Å². The molecule has 0 bridgehead atoms. The Morgan fingerprint density at radius 2 is 0.694 bits per heavy atom. The predicted molar refractivity (Wildman–Crippen MR) is 255 cm³/mol. The average Bonchev–Trinajstić information content (AvgIpc) is 4.05. The second-order valence-corrected chi connectivity index (χ2v) is 15.9. The zero-order valence-corrected chi connectivity index (χ0v) is 33.2. The van der Waals surface area contributed by atoms with E-state index in [0.29, 0.717) is 16.9 Å². The Bertz CT molecular complexity index is 3940. The molecule has 0 radical (unpaired) electrons. The van der Waals surface area contributed by atoms with Crippen LogP contribution in [0.2, 0.25) is 0 Å². The molecule has 13 rings (SSSR count). The van der Waals surface area contributed by atoms with Crippen molar-refractivity contribution in [3.63, 3.8) is 0 Å². The first-order valence-corrected chi connectivity index (χ1v) is 20.7. The zero-order valence-electron chi connectivity index (χ0n) is 33.2. The Labute approximate surface area is 355 Å². The van der Waals surface area contributed by atoms with Crippen LogP contribution in [0.1, 0.15) is 5.56 Å². The topological polar surface area (TPSA) is 47.9 Å². The van der Waals surface area contributed by atoms with Crippen LogP contribution < -0.4 is 0 Å². The van der Waals surface area contributed by atoms with Crippen molar-refractivity contribution >= 4 is 92.9 Å². The number of para-hydroxylation sites is 7. The molecule has 0 aliphatic heterocycles. The maximum atomic E-state index is 11.0. The monoisotopic (exact) mass is 788 g/mol. The highest BCUT2D eigenvalue weighted by molar-refractivity contribution is 6.15. The van der Waals surface area contributed by atoms with Crippen molar-refractivity contribution in [2.24, 2.45) is 0 Å². The number of nitriles is 1. The smallest absolute Gasteiger partial charge is 0.214 e. The quantitative estimate of drug-likeness (QED) is 0.164. The number of hydrogen-bond acceptors (Lipinski definition) is 1. The molecular formula is C56H32N6. The van der Waals surface area contributed by atoms with E-state index in [9.17, 15) is 5.26 Å². The minimum absolute atomic E-state index is 0.404. The molecular weight excluding hydrogens is 757 g/mol. The standard InChI is InChI=1S/C56H32N6/c1-58-45-31-36(30-35(34-57)56(45)62-51-28-14-6-20-41(51)42-21-7-15-29-52(42)62)59-46-23-9-8-22-43(46)44-32-54(60-47-24-10-2-16-37(47)38-17-3-11-25-48(38)60)55(33-53(44)59)61-49-26-12-4-18-39(49)40-19-5-13-27-50(40)61/h2-33H. The first-order chi connectivity index (χ1) is 30.7. The van der Waals surface area contributed by atoms with E-state index >= 15 is 0 Å². The van der Waals surface area contributed by atoms with Crippen LogP contribution in [0, 0.1) is 17.9 Å². The van der Waals surface area contributed by atoms with E-state index in [-0.39, 0.29) is 0 Å². The van der Waals surface area contributed by atoms with Gasteiger partial charge in [-0.1, -0.05) is 127 Å². The van der Waals surface area contributed by atoms with Crippen molar-refractivity contribution in [3.8, 4) is 28.8 Å². The lowest BCUT2D eigenvalue weighted by Crippen LogP contribution is -2.05. The van der Waals surface area contributed by atoms with Crippen LogP contribution in [0.3, 0.4) is 0 Å². The SMILES string of the molecule is [C-]#[N+]c1cc(-n2c3ccccc3c3cc(-n4c5ccccc5c5ccccc54)c(-n4c5ccccc5c5ccccc54)cc32)cc(C#N)c1-n1c2ccccc2c2ccccc21. The number of rotatable bonds is 4. The molecule has 0 saturated heterocycles. The lowest BCUT2D eigenvalue weighted by Gasteiger charge is -2.19. The summed E-state index contributed by atoms with van der Waals surface area (Å²) in [7, 11) is 0. The van der Waals surface area contributed by atoms with Gasteiger partial charge in [0, 0.05) is 48.8 Å². The third kappa shape index (κ3) is 4.55. The minimum Gasteiger partial charge on any atom is -0.318 e. The molecule has 62 heavy (non-hydrogen) atoms. The van der Waals surface area contributed by atoms with Crippen molar-refractivity contribution in [3.05, 3.63) is 211 Å². The molecule has 0 aliphatic carbocycles. The van der Waals surface area contributed by atoms with Crippen LogP contribution in [-0.2, 0) is 0 Å². The van der Waals surface area contributed by atoms with Crippen LogP contribution >= 0.6 is 0 Å². The maximum Gasteiger partial charge on any atom is 0.214 e. The Morgan fingerprint density at radius 1 is 0.355 bits per heavy atom. The fourth-order valence-electron chi connectivity index (χ4n) is 10.3. The van der Waals surface area contributed by atoms with Gasteiger partial charge < -0.3 is 18.3 Å². The lowest BCUT2D eigenvalue weighted by molar-refractivity contribution is 1.09. The van der Waals surface area contributed by atoms with E-state index in [4.69, 9.17) is 6.57 Å². The molecule has 0 amide bonds. The fourth-order valence-corrected chi connectivity index (χ4v) is 10.3. The van der Waals surface area contributed by atoms with E-state index in [0.717, 1.165) is 82.7 Å². The highest BCUT2D eigenvalue weighted by Gasteiger charge is 2.25. The van der Waals surface area contributed by atoms with Gasteiger partial charge in [-0.05, 0) is 66.7 Å². The Hall–Kier alpha value is -8.84. The number of aromatic nitrogens is 4. The van der Waals surface area contributed by atoms with Crippen LogP contribution in [0.4, 0.5) is 5.69 Å². The highest BCUT2D eigenvalue weighted by Crippen LogP contribution is 2.44. The zero-order chi connectivity index (χ0) is 41.1. The summed E-state index contributed by atoms with van der Waals surface area (Å²) < 4.78 is 9.15. The van der Waals surface area contributed by atoms with Gasteiger partial charge in [0.15, 0.2) is 0 Å². The third-order valence-corrected chi connectivity index (χ3v) is 12.8. The summed E-state index contributed by atoms with van der Waals surface area (Å²) in [5.74, 6) is 0. The van der Waals surface area contributed by atoms with Crippen molar-refractivity contribution in [2.75, 3.05) is 0 Å². The minimum atomic E-state index is 0.404. The lowest BCUT2D eigenvalue weighted by atomic mass is 10.1. The van der Waals surface area contributed by atoms with Gasteiger partial charge in [0.05, 0.1) is 73.3 Å². The molecule has 4 aromatic heterocycles. The second-order valence-electron chi connectivity index (χ2n) is 15.9.